The highest BCUT2D eigenvalue weighted by atomic mass is 16.5. The van der Waals surface area contributed by atoms with Crippen LogP contribution in [0.15, 0.2) is 18.2 Å². The molecular formula is C17H25NO. The molecular weight excluding hydrogens is 234 g/mol. The first kappa shape index (κ1) is 13.1. The van der Waals surface area contributed by atoms with Gasteiger partial charge < -0.3 is 10.1 Å². The number of ether oxygens (including phenoxy) is 1. The summed E-state index contributed by atoms with van der Waals surface area (Å²) < 4.78 is 6.01. The van der Waals surface area contributed by atoms with E-state index in [1.165, 1.54) is 36.0 Å². The molecule has 4 unspecified atom stereocenters. The summed E-state index contributed by atoms with van der Waals surface area (Å²) in [5.74, 6) is 0.699. The molecule has 0 spiro atoms. The van der Waals surface area contributed by atoms with E-state index >= 15 is 0 Å². The number of likely N-dealkylation sites (N-methyl/N-ethyl adjacent to an activating group) is 1. The molecule has 2 heterocycles. The van der Waals surface area contributed by atoms with Gasteiger partial charge >= 0.3 is 0 Å². The van der Waals surface area contributed by atoms with E-state index in [1.54, 1.807) is 0 Å². The summed E-state index contributed by atoms with van der Waals surface area (Å²) in [6.07, 6.45) is 5.97. The van der Waals surface area contributed by atoms with E-state index in [2.05, 4.69) is 44.4 Å². The van der Waals surface area contributed by atoms with Crippen LogP contribution in [-0.2, 0) is 11.2 Å². The average molecular weight is 259 g/mol. The summed E-state index contributed by atoms with van der Waals surface area (Å²) in [5, 5.41) is 3.53. The highest BCUT2D eigenvalue weighted by Crippen LogP contribution is 2.41. The van der Waals surface area contributed by atoms with Crippen molar-refractivity contribution in [2.24, 2.45) is 5.92 Å². The van der Waals surface area contributed by atoms with Crippen molar-refractivity contribution in [3.8, 4) is 0 Å². The van der Waals surface area contributed by atoms with E-state index in [0.717, 1.165) is 6.42 Å². The average Bonchev–Trinajstić information content (AvgIpc) is 3.02. The van der Waals surface area contributed by atoms with Gasteiger partial charge in [-0.05, 0) is 63.3 Å². The zero-order valence-corrected chi connectivity index (χ0v) is 12.3. The molecule has 2 aliphatic heterocycles. The molecule has 3 rings (SSSR count). The van der Waals surface area contributed by atoms with Crippen LogP contribution in [-0.4, -0.2) is 25.3 Å². The second-order valence-corrected chi connectivity index (χ2v) is 6.29. The standard InChI is InChI=1S/C17H25NO/c1-11-4-5-13(8-12(11)2)9-16(18-3)15-10-14-6-7-17(15)19-14/h4-5,8,14-18H,6-7,9-10H2,1-3H3. The highest BCUT2D eigenvalue weighted by Gasteiger charge is 2.43. The Bertz CT molecular complexity index is 457. The first-order valence-corrected chi connectivity index (χ1v) is 7.56. The molecule has 0 amide bonds. The van der Waals surface area contributed by atoms with Crippen LogP contribution < -0.4 is 5.32 Å². The van der Waals surface area contributed by atoms with Crippen LogP contribution in [0.3, 0.4) is 0 Å². The number of rotatable bonds is 4. The summed E-state index contributed by atoms with van der Waals surface area (Å²) in [6, 6.07) is 7.42. The minimum Gasteiger partial charge on any atom is -0.375 e. The second-order valence-electron chi connectivity index (χ2n) is 6.29. The van der Waals surface area contributed by atoms with Gasteiger partial charge in [0.25, 0.3) is 0 Å². The van der Waals surface area contributed by atoms with E-state index in [9.17, 15) is 0 Å². The van der Waals surface area contributed by atoms with E-state index in [4.69, 9.17) is 4.74 Å². The molecule has 2 fully saturated rings. The van der Waals surface area contributed by atoms with E-state index < -0.39 is 0 Å². The SMILES string of the molecule is CNC(Cc1ccc(C)c(C)c1)C1CC2CCC1O2. The highest BCUT2D eigenvalue weighted by molar-refractivity contribution is 5.30. The van der Waals surface area contributed by atoms with Crippen molar-refractivity contribution in [2.45, 2.75) is 57.8 Å². The van der Waals surface area contributed by atoms with Gasteiger partial charge in [-0.25, -0.2) is 0 Å². The first-order chi connectivity index (χ1) is 9.17. The fourth-order valence-corrected chi connectivity index (χ4v) is 3.75. The Morgan fingerprint density at radius 3 is 2.68 bits per heavy atom. The molecule has 1 aromatic carbocycles. The zero-order valence-electron chi connectivity index (χ0n) is 12.3. The molecule has 104 valence electrons. The van der Waals surface area contributed by atoms with E-state index in [-0.39, 0.29) is 0 Å². The molecule has 2 saturated heterocycles. The summed E-state index contributed by atoms with van der Waals surface area (Å²) >= 11 is 0. The Balaban J connectivity index is 1.71. The van der Waals surface area contributed by atoms with Crippen molar-refractivity contribution >= 4 is 0 Å². The summed E-state index contributed by atoms with van der Waals surface area (Å²) in [7, 11) is 2.09. The minimum atomic E-state index is 0.508. The maximum Gasteiger partial charge on any atom is 0.0623 e. The lowest BCUT2D eigenvalue weighted by molar-refractivity contribution is 0.0863. The van der Waals surface area contributed by atoms with Gasteiger partial charge in [0.1, 0.15) is 0 Å². The van der Waals surface area contributed by atoms with Gasteiger partial charge in [0.2, 0.25) is 0 Å². The van der Waals surface area contributed by atoms with Crippen LogP contribution in [0.25, 0.3) is 0 Å². The molecule has 2 nitrogen and oxygen atoms in total. The topological polar surface area (TPSA) is 21.3 Å². The fraction of sp³-hybridized carbons (Fsp3) is 0.647. The molecule has 2 aliphatic rings. The van der Waals surface area contributed by atoms with Gasteiger partial charge in [0.05, 0.1) is 12.2 Å². The summed E-state index contributed by atoms with van der Waals surface area (Å²) in [5.41, 5.74) is 4.23. The zero-order chi connectivity index (χ0) is 13.4. The molecule has 0 saturated carbocycles. The third kappa shape index (κ3) is 2.56. The number of fused-ring (bicyclic) bond motifs is 2. The van der Waals surface area contributed by atoms with Gasteiger partial charge in [-0.15, -0.1) is 0 Å². The Hall–Kier alpha value is -0.860. The van der Waals surface area contributed by atoms with Crippen molar-refractivity contribution in [1.82, 2.24) is 5.32 Å². The van der Waals surface area contributed by atoms with Crippen molar-refractivity contribution in [3.05, 3.63) is 34.9 Å². The number of hydrogen-bond donors (Lipinski definition) is 1. The Morgan fingerprint density at radius 2 is 2.11 bits per heavy atom. The minimum absolute atomic E-state index is 0.508. The van der Waals surface area contributed by atoms with Gasteiger partial charge in [0, 0.05) is 12.0 Å². The smallest absolute Gasteiger partial charge is 0.0623 e. The number of benzene rings is 1. The van der Waals surface area contributed by atoms with Crippen molar-refractivity contribution in [3.63, 3.8) is 0 Å². The fourth-order valence-electron chi connectivity index (χ4n) is 3.75. The molecule has 19 heavy (non-hydrogen) atoms. The lowest BCUT2D eigenvalue weighted by Crippen LogP contribution is -2.40. The number of nitrogens with one attached hydrogen (secondary N) is 1. The Labute approximate surface area is 116 Å². The molecule has 2 bridgehead atoms. The lowest BCUT2D eigenvalue weighted by atomic mass is 9.81. The largest absolute Gasteiger partial charge is 0.375 e. The second kappa shape index (κ2) is 5.26. The number of aryl methyl sites for hydroxylation is 2. The molecule has 1 N–H and O–H groups in total. The van der Waals surface area contributed by atoms with Crippen LogP contribution in [0.1, 0.15) is 36.0 Å². The third-order valence-electron chi connectivity index (χ3n) is 5.07. The number of hydrogen-bond acceptors (Lipinski definition) is 2. The molecule has 0 radical (unpaired) electrons. The van der Waals surface area contributed by atoms with Gasteiger partial charge in [0.15, 0.2) is 0 Å². The van der Waals surface area contributed by atoms with Crippen LogP contribution in [0, 0.1) is 19.8 Å². The maximum atomic E-state index is 6.01. The van der Waals surface area contributed by atoms with Gasteiger partial charge in [-0.3, -0.25) is 0 Å². The molecule has 2 heteroatoms. The lowest BCUT2D eigenvalue weighted by Gasteiger charge is -2.28. The normalized spacial score (nSPS) is 30.8. The van der Waals surface area contributed by atoms with Crippen LogP contribution in [0.4, 0.5) is 0 Å². The molecule has 0 aromatic heterocycles. The molecule has 0 aliphatic carbocycles. The predicted octanol–water partition coefficient (Wildman–Crippen LogP) is 3.00. The van der Waals surface area contributed by atoms with E-state index in [1.807, 2.05) is 0 Å². The maximum absolute atomic E-state index is 6.01. The summed E-state index contributed by atoms with van der Waals surface area (Å²) in [4.78, 5) is 0. The van der Waals surface area contributed by atoms with Gasteiger partial charge in [-0.2, -0.15) is 0 Å². The van der Waals surface area contributed by atoms with Crippen molar-refractivity contribution in [1.29, 1.82) is 0 Å². The third-order valence-corrected chi connectivity index (χ3v) is 5.07. The Kier molecular flexibility index (Phi) is 3.64. The quantitative estimate of drug-likeness (QED) is 0.897. The van der Waals surface area contributed by atoms with Crippen molar-refractivity contribution < 1.29 is 4.74 Å². The van der Waals surface area contributed by atoms with Crippen LogP contribution in [0.5, 0.6) is 0 Å². The van der Waals surface area contributed by atoms with Gasteiger partial charge in [-0.1, -0.05) is 18.2 Å². The monoisotopic (exact) mass is 259 g/mol. The molecule has 4 atom stereocenters. The van der Waals surface area contributed by atoms with E-state index in [0.29, 0.717) is 24.2 Å². The van der Waals surface area contributed by atoms with Crippen molar-refractivity contribution in [2.75, 3.05) is 7.05 Å². The first-order valence-electron chi connectivity index (χ1n) is 7.56. The Morgan fingerprint density at radius 1 is 1.26 bits per heavy atom. The van der Waals surface area contributed by atoms with Crippen LogP contribution >= 0.6 is 0 Å². The molecule has 1 aromatic rings. The van der Waals surface area contributed by atoms with Crippen LogP contribution in [0.2, 0.25) is 0 Å². The predicted molar refractivity (Wildman–Crippen MR) is 78.5 cm³/mol. The summed E-state index contributed by atoms with van der Waals surface area (Å²) in [6.45, 7) is 4.38.